The Labute approximate surface area is 238 Å². The molecule has 1 atom stereocenters. The molecule has 0 radical (unpaired) electrons. The monoisotopic (exact) mass is 565 g/mol. The summed E-state index contributed by atoms with van der Waals surface area (Å²) >= 11 is 0. The Morgan fingerprint density at radius 3 is 2.27 bits per heavy atom. The minimum atomic E-state index is -4.11. The van der Waals surface area contributed by atoms with Gasteiger partial charge in [0.2, 0.25) is 11.8 Å². The summed E-state index contributed by atoms with van der Waals surface area (Å²) in [5, 5.41) is 2.89. The van der Waals surface area contributed by atoms with E-state index < -0.39 is 28.5 Å². The van der Waals surface area contributed by atoms with Gasteiger partial charge in [-0.1, -0.05) is 56.3 Å². The standard InChI is InChI=1S/C31H39N3O5S/c1-22(2)19-32-31(36)25(5)33(20-26-11-10-12-27(18-26)39-6)30(35)21-34(29-17-23(3)15-16-24(29)4)40(37,38)28-13-8-7-9-14-28/h7-18,22,25H,19-21H2,1-6H3,(H,32,36)/t25-/m0/s1. The summed E-state index contributed by atoms with van der Waals surface area (Å²) in [5.74, 6) is 0.0320. The molecule has 0 aromatic heterocycles. The number of sulfonamides is 1. The molecule has 40 heavy (non-hydrogen) atoms. The highest BCUT2D eigenvalue weighted by Gasteiger charge is 2.33. The first-order valence-electron chi connectivity index (χ1n) is 13.3. The molecule has 0 saturated heterocycles. The van der Waals surface area contributed by atoms with Gasteiger partial charge in [-0.25, -0.2) is 8.42 Å². The fourth-order valence-corrected chi connectivity index (χ4v) is 5.72. The molecule has 0 aliphatic heterocycles. The Morgan fingerprint density at radius 2 is 1.62 bits per heavy atom. The van der Waals surface area contributed by atoms with Gasteiger partial charge in [-0.3, -0.25) is 13.9 Å². The third-order valence-electron chi connectivity index (χ3n) is 6.58. The van der Waals surface area contributed by atoms with Gasteiger partial charge in [0.05, 0.1) is 17.7 Å². The van der Waals surface area contributed by atoms with Crippen molar-refractivity contribution in [3.8, 4) is 5.75 Å². The summed E-state index contributed by atoms with van der Waals surface area (Å²) in [7, 11) is -2.55. The van der Waals surface area contributed by atoms with Crippen LogP contribution in [0.2, 0.25) is 0 Å². The quantitative estimate of drug-likeness (QED) is 0.344. The van der Waals surface area contributed by atoms with Gasteiger partial charge in [-0.2, -0.15) is 0 Å². The largest absolute Gasteiger partial charge is 0.497 e. The second kappa shape index (κ2) is 13.5. The number of methoxy groups -OCH3 is 1. The molecule has 8 nitrogen and oxygen atoms in total. The van der Waals surface area contributed by atoms with E-state index in [9.17, 15) is 18.0 Å². The Morgan fingerprint density at radius 1 is 0.925 bits per heavy atom. The van der Waals surface area contributed by atoms with E-state index in [1.54, 1.807) is 50.4 Å². The number of anilines is 1. The number of carbonyl (C=O) groups excluding carboxylic acids is 2. The second-order valence-electron chi connectivity index (χ2n) is 10.3. The lowest BCUT2D eigenvalue weighted by molar-refractivity contribution is -0.139. The molecule has 0 aliphatic carbocycles. The average Bonchev–Trinajstić information content (AvgIpc) is 2.94. The highest BCUT2D eigenvalue weighted by molar-refractivity contribution is 7.92. The molecule has 0 bridgehead atoms. The van der Waals surface area contributed by atoms with Crippen molar-refractivity contribution in [2.24, 2.45) is 5.92 Å². The van der Waals surface area contributed by atoms with Crippen LogP contribution in [0.15, 0.2) is 77.7 Å². The number of amides is 2. The lowest BCUT2D eigenvalue weighted by Gasteiger charge is -2.32. The van der Waals surface area contributed by atoms with Crippen LogP contribution in [-0.2, 0) is 26.2 Å². The van der Waals surface area contributed by atoms with Crippen LogP contribution in [0.3, 0.4) is 0 Å². The van der Waals surface area contributed by atoms with Gasteiger partial charge in [0.1, 0.15) is 18.3 Å². The molecule has 0 aliphatic rings. The van der Waals surface area contributed by atoms with Gasteiger partial charge in [0.15, 0.2) is 0 Å². The molecule has 214 valence electrons. The number of benzene rings is 3. The van der Waals surface area contributed by atoms with Crippen LogP contribution in [0.4, 0.5) is 5.69 Å². The predicted octanol–water partition coefficient (Wildman–Crippen LogP) is 4.70. The number of aryl methyl sites for hydroxylation is 2. The summed E-state index contributed by atoms with van der Waals surface area (Å²) in [5.41, 5.74) is 2.73. The van der Waals surface area contributed by atoms with Crippen LogP contribution in [0.5, 0.6) is 5.75 Å². The molecular weight excluding hydrogens is 526 g/mol. The van der Waals surface area contributed by atoms with Crippen molar-refractivity contribution in [3.05, 3.63) is 89.5 Å². The zero-order valence-electron chi connectivity index (χ0n) is 24.0. The van der Waals surface area contributed by atoms with Crippen LogP contribution < -0.4 is 14.4 Å². The van der Waals surface area contributed by atoms with E-state index in [2.05, 4.69) is 5.32 Å². The number of hydrogen-bond donors (Lipinski definition) is 1. The summed E-state index contributed by atoms with van der Waals surface area (Å²) in [6.07, 6.45) is 0. The highest BCUT2D eigenvalue weighted by Crippen LogP contribution is 2.28. The minimum Gasteiger partial charge on any atom is -0.497 e. The number of rotatable bonds is 12. The molecule has 9 heteroatoms. The van der Waals surface area contributed by atoms with Gasteiger partial charge in [0.25, 0.3) is 10.0 Å². The first kappa shape index (κ1) is 30.7. The third-order valence-corrected chi connectivity index (χ3v) is 8.36. The van der Waals surface area contributed by atoms with E-state index in [4.69, 9.17) is 4.74 Å². The molecule has 0 heterocycles. The zero-order chi connectivity index (χ0) is 29.4. The SMILES string of the molecule is COc1cccc(CN(C(=O)CN(c2cc(C)ccc2C)S(=O)(=O)c2ccccc2)[C@@H](C)C(=O)NCC(C)C)c1. The molecule has 0 spiro atoms. The average molecular weight is 566 g/mol. The number of hydrogen-bond acceptors (Lipinski definition) is 5. The van der Waals surface area contributed by atoms with Crippen molar-refractivity contribution in [3.63, 3.8) is 0 Å². The topological polar surface area (TPSA) is 96.0 Å². The Kier molecular flexibility index (Phi) is 10.3. The third kappa shape index (κ3) is 7.63. The van der Waals surface area contributed by atoms with Crippen LogP contribution >= 0.6 is 0 Å². The Balaban J connectivity index is 2.05. The maximum atomic E-state index is 14.1. The van der Waals surface area contributed by atoms with Crippen molar-refractivity contribution < 1.29 is 22.7 Å². The number of nitrogens with zero attached hydrogens (tertiary/aromatic N) is 2. The van der Waals surface area contributed by atoms with Crippen LogP contribution in [-0.4, -0.2) is 51.4 Å². The van der Waals surface area contributed by atoms with Crippen molar-refractivity contribution in [1.82, 2.24) is 10.2 Å². The van der Waals surface area contributed by atoms with Gasteiger partial charge in [-0.15, -0.1) is 0 Å². The fraction of sp³-hybridized carbons (Fsp3) is 0.355. The predicted molar refractivity (Wildman–Crippen MR) is 158 cm³/mol. The molecule has 3 rings (SSSR count). The van der Waals surface area contributed by atoms with Crippen molar-refractivity contribution >= 4 is 27.5 Å². The lowest BCUT2D eigenvalue weighted by Crippen LogP contribution is -2.51. The van der Waals surface area contributed by atoms with Gasteiger partial charge in [0, 0.05) is 13.1 Å². The number of carbonyl (C=O) groups is 2. The van der Waals surface area contributed by atoms with E-state index in [1.165, 1.54) is 17.0 Å². The van der Waals surface area contributed by atoms with Crippen LogP contribution in [0, 0.1) is 19.8 Å². The summed E-state index contributed by atoms with van der Waals surface area (Å²) in [6.45, 7) is 9.38. The van der Waals surface area contributed by atoms with Crippen LogP contribution in [0.25, 0.3) is 0 Å². The van der Waals surface area contributed by atoms with Crippen molar-refractivity contribution in [1.29, 1.82) is 0 Å². The van der Waals surface area contributed by atoms with Crippen LogP contribution in [0.1, 0.15) is 37.5 Å². The first-order chi connectivity index (χ1) is 18.9. The van der Waals surface area contributed by atoms with Gasteiger partial charge < -0.3 is 15.0 Å². The van der Waals surface area contributed by atoms with E-state index in [1.807, 2.05) is 52.0 Å². The maximum Gasteiger partial charge on any atom is 0.264 e. The summed E-state index contributed by atoms with van der Waals surface area (Å²) < 4.78 is 34.4. The molecule has 1 N–H and O–H groups in total. The Hall–Kier alpha value is -3.85. The summed E-state index contributed by atoms with van der Waals surface area (Å²) in [6, 6.07) is 19.9. The van der Waals surface area contributed by atoms with E-state index in [0.29, 0.717) is 23.5 Å². The minimum absolute atomic E-state index is 0.0748. The van der Waals surface area contributed by atoms with Crippen molar-refractivity contribution in [2.45, 2.75) is 52.1 Å². The first-order valence-corrected chi connectivity index (χ1v) is 14.7. The second-order valence-corrected chi connectivity index (χ2v) is 12.2. The molecule has 2 amide bonds. The summed E-state index contributed by atoms with van der Waals surface area (Å²) in [4.78, 5) is 28.7. The van der Waals surface area contributed by atoms with E-state index in [-0.39, 0.29) is 23.3 Å². The molecule has 3 aromatic carbocycles. The number of ether oxygens (including phenoxy) is 1. The van der Waals surface area contributed by atoms with Gasteiger partial charge in [-0.05, 0) is 73.7 Å². The molecular formula is C31H39N3O5S. The zero-order valence-corrected chi connectivity index (χ0v) is 24.9. The molecule has 3 aromatic rings. The maximum absolute atomic E-state index is 14.1. The molecule has 0 unspecified atom stereocenters. The van der Waals surface area contributed by atoms with E-state index in [0.717, 1.165) is 15.4 Å². The molecule has 0 fully saturated rings. The smallest absolute Gasteiger partial charge is 0.264 e. The lowest BCUT2D eigenvalue weighted by atomic mass is 10.1. The fourth-order valence-electron chi connectivity index (χ4n) is 4.22. The highest BCUT2D eigenvalue weighted by atomic mass is 32.2. The normalized spacial score (nSPS) is 12.1. The van der Waals surface area contributed by atoms with Crippen molar-refractivity contribution in [2.75, 3.05) is 24.5 Å². The Bertz CT molecular complexity index is 1420. The molecule has 0 saturated carbocycles. The van der Waals surface area contributed by atoms with E-state index >= 15 is 0 Å². The number of nitrogens with one attached hydrogen (secondary N) is 1. The van der Waals surface area contributed by atoms with Gasteiger partial charge >= 0.3 is 0 Å².